The standard InChI is InChI=1S/C16H17N3OS/c1-11-7-8-21-15(11)10-17-16(20)9-13-12-5-3-4-6-14(12)19(2)18-13/h3-8H,9-10H2,1-2H3,(H,17,20). The molecule has 0 saturated heterocycles. The molecule has 0 unspecified atom stereocenters. The summed E-state index contributed by atoms with van der Waals surface area (Å²) in [4.78, 5) is 13.3. The summed E-state index contributed by atoms with van der Waals surface area (Å²) >= 11 is 1.67. The zero-order chi connectivity index (χ0) is 14.8. The average Bonchev–Trinajstić information content (AvgIpc) is 3.02. The van der Waals surface area contributed by atoms with E-state index < -0.39 is 0 Å². The van der Waals surface area contributed by atoms with E-state index in [1.165, 1.54) is 10.4 Å². The largest absolute Gasteiger partial charge is 0.351 e. The fourth-order valence-corrected chi connectivity index (χ4v) is 3.24. The van der Waals surface area contributed by atoms with E-state index in [0.717, 1.165) is 16.6 Å². The molecule has 3 rings (SSSR count). The second kappa shape index (κ2) is 5.69. The van der Waals surface area contributed by atoms with Gasteiger partial charge in [0, 0.05) is 17.3 Å². The van der Waals surface area contributed by atoms with Crippen molar-refractivity contribution in [1.82, 2.24) is 15.1 Å². The summed E-state index contributed by atoms with van der Waals surface area (Å²) in [6.45, 7) is 2.65. The molecule has 1 aromatic carbocycles. The minimum Gasteiger partial charge on any atom is -0.351 e. The second-order valence-corrected chi connectivity index (χ2v) is 6.07. The second-order valence-electron chi connectivity index (χ2n) is 5.07. The molecule has 0 aliphatic heterocycles. The maximum absolute atomic E-state index is 12.1. The summed E-state index contributed by atoms with van der Waals surface area (Å²) in [5.74, 6) is 0.00616. The van der Waals surface area contributed by atoms with Crippen LogP contribution in [0.2, 0.25) is 0 Å². The molecule has 2 aromatic heterocycles. The van der Waals surface area contributed by atoms with Gasteiger partial charge in [0.05, 0.1) is 24.2 Å². The molecule has 0 bridgehead atoms. The van der Waals surface area contributed by atoms with Crippen LogP contribution >= 0.6 is 11.3 Å². The van der Waals surface area contributed by atoms with Crippen molar-refractivity contribution in [2.24, 2.45) is 7.05 Å². The van der Waals surface area contributed by atoms with Gasteiger partial charge in [0.2, 0.25) is 5.91 Å². The summed E-state index contributed by atoms with van der Waals surface area (Å²) < 4.78 is 1.82. The van der Waals surface area contributed by atoms with Crippen LogP contribution in [-0.4, -0.2) is 15.7 Å². The number of carbonyl (C=O) groups excluding carboxylic acids is 1. The summed E-state index contributed by atoms with van der Waals surface area (Å²) in [5.41, 5.74) is 3.10. The van der Waals surface area contributed by atoms with Gasteiger partial charge in [0.25, 0.3) is 0 Å². The van der Waals surface area contributed by atoms with Crippen molar-refractivity contribution in [2.75, 3.05) is 0 Å². The van der Waals surface area contributed by atoms with Crippen LogP contribution in [0, 0.1) is 6.92 Å². The van der Waals surface area contributed by atoms with Gasteiger partial charge in [0.1, 0.15) is 0 Å². The minimum atomic E-state index is 0.00616. The Labute approximate surface area is 127 Å². The Balaban J connectivity index is 1.70. The van der Waals surface area contributed by atoms with Crippen LogP contribution in [0.4, 0.5) is 0 Å². The van der Waals surface area contributed by atoms with Gasteiger partial charge < -0.3 is 5.32 Å². The molecule has 0 fully saturated rings. The lowest BCUT2D eigenvalue weighted by Gasteiger charge is -2.03. The number of rotatable bonds is 4. The zero-order valence-electron chi connectivity index (χ0n) is 12.1. The van der Waals surface area contributed by atoms with Gasteiger partial charge >= 0.3 is 0 Å². The third kappa shape index (κ3) is 2.83. The SMILES string of the molecule is Cc1ccsc1CNC(=O)Cc1nn(C)c2ccccc12. The molecule has 0 aliphatic carbocycles. The lowest BCUT2D eigenvalue weighted by atomic mass is 10.1. The molecule has 0 saturated carbocycles. The fraction of sp³-hybridized carbons (Fsp3) is 0.250. The Morgan fingerprint density at radius 3 is 2.90 bits per heavy atom. The Morgan fingerprint density at radius 2 is 2.14 bits per heavy atom. The first kappa shape index (κ1) is 13.8. The van der Waals surface area contributed by atoms with Crippen molar-refractivity contribution in [2.45, 2.75) is 19.9 Å². The molecule has 1 amide bonds. The lowest BCUT2D eigenvalue weighted by Crippen LogP contribution is -2.24. The number of hydrogen-bond acceptors (Lipinski definition) is 3. The number of aromatic nitrogens is 2. The number of thiophene rings is 1. The molecular weight excluding hydrogens is 282 g/mol. The van der Waals surface area contributed by atoms with Gasteiger partial charge in [-0.25, -0.2) is 0 Å². The molecule has 0 atom stereocenters. The van der Waals surface area contributed by atoms with Crippen molar-refractivity contribution < 1.29 is 4.79 Å². The van der Waals surface area contributed by atoms with Crippen molar-refractivity contribution in [3.05, 3.63) is 51.8 Å². The highest BCUT2D eigenvalue weighted by molar-refractivity contribution is 7.10. The maximum Gasteiger partial charge on any atom is 0.226 e. The summed E-state index contributed by atoms with van der Waals surface area (Å²) in [5, 5.41) is 10.5. The number of amides is 1. The van der Waals surface area contributed by atoms with Crippen LogP contribution in [0.5, 0.6) is 0 Å². The maximum atomic E-state index is 12.1. The Hall–Kier alpha value is -2.14. The minimum absolute atomic E-state index is 0.00616. The fourth-order valence-electron chi connectivity index (χ4n) is 2.40. The van der Waals surface area contributed by atoms with E-state index in [0.29, 0.717) is 13.0 Å². The first-order chi connectivity index (χ1) is 10.1. The van der Waals surface area contributed by atoms with Gasteiger partial charge in [-0.15, -0.1) is 11.3 Å². The predicted octanol–water partition coefficient (Wildman–Crippen LogP) is 2.80. The number of benzene rings is 1. The number of para-hydroxylation sites is 1. The van der Waals surface area contributed by atoms with E-state index in [-0.39, 0.29) is 5.91 Å². The molecule has 21 heavy (non-hydrogen) atoms. The van der Waals surface area contributed by atoms with E-state index in [4.69, 9.17) is 0 Å². The number of carbonyl (C=O) groups is 1. The smallest absolute Gasteiger partial charge is 0.226 e. The van der Waals surface area contributed by atoms with Gasteiger partial charge in [-0.1, -0.05) is 18.2 Å². The molecule has 3 aromatic rings. The topological polar surface area (TPSA) is 46.9 Å². The van der Waals surface area contributed by atoms with Crippen molar-refractivity contribution in [3.63, 3.8) is 0 Å². The van der Waals surface area contributed by atoms with Gasteiger partial charge in [0.15, 0.2) is 0 Å². The first-order valence-corrected chi connectivity index (χ1v) is 7.73. The van der Waals surface area contributed by atoms with Crippen molar-refractivity contribution in [3.8, 4) is 0 Å². The van der Waals surface area contributed by atoms with Gasteiger partial charge in [-0.05, 0) is 30.0 Å². The normalized spacial score (nSPS) is 11.0. The summed E-state index contributed by atoms with van der Waals surface area (Å²) in [6.07, 6.45) is 0.311. The Bertz CT molecular complexity index is 788. The Morgan fingerprint density at radius 1 is 1.33 bits per heavy atom. The lowest BCUT2D eigenvalue weighted by molar-refractivity contribution is -0.120. The molecule has 0 radical (unpaired) electrons. The molecule has 108 valence electrons. The molecular formula is C16H17N3OS. The highest BCUT2D eigenvalue weighted by atomic mass is 32.1. The van der Waals surface area contributed by atoms with E-state index in [9.17, 15) is 4.79 Å². The van der Waals surface area contributed by atoms with E-state index in [1.54, 1.807) is 11.3 Å². The molecule has 5 heteroatoms. The molecule has 0 aliphatic rings. The number of nitrogens with one attached hydrogen (secondary N) is 1. The van der Waals surface area contributed by atoms with Gasteiger partial charge in [-0.2, -0.15) is 5.10 Å². The van der Waals surface area contributed by atoms with Crippen LogP contribution in [-0.2, 0) is 24.8 Å². The first-order valence-electron chi connectivity index (χ1n) is 6.85. The number of nitrogens with zero attached hydrogens (tertiary/aromatic N) is 2. The summed E-state index contributed by atoms with van der Waals surface area (Å²) in [7, 11) is 1.90. The molecule has 0 spiro atoms. The van der Waals surface area contributed by atoms with Crippen LogP contribution in [0.15, 0.2) is 35.7 Å². The quantitative estimate of drug-likeness (QED) is 0.805. The molecule has 1 N–H and O–H groups in total. The van der Waals surface area contributed by atoms with Crippen molar-refractivity contribution >= 4 is 28.1 Å². The van der Waals surface area contributed by atoms with E-state index >= 15 is 0 Å². The monoisotopic (exact) mass is 299 g/mol. The van der Waals surface area contributed by atoms with Crippen LogP contribution in [0.25, 0.3) is 10.9 Å². The zero-order valence-corrected chi connectivity index (χ0v) is 12.9. The Kier molecular flexibility index (Phi) is 3.75. The number of hydrogen-bond donors (Lipinski definition) is 1. The average molecular weight is 299 g/mol. The van der Waals surface area contributed by atoms with Crippen LogP contribution < -0.4 is 5.32 Å². The number of aryl methyl sites for hydroxylation is 2. The highest BCUT2D eigenvalue weighted by Crippen LogP contribution is 2.18. The van der Waals surface area contributed by atoms with Crippen molar-refractivity contribution in [1.29, 1.82) is 0 Å². The highest BCUT2D eigenvalue weighted by Gasteiger charge is 2.12. The third-order valence-electron chi connectivity index (χ3n) is 3.58. The van der Waals surface area contributed by atoms with Crippen LogP contribution in [0.3, 0.4) is 0 Å². The number of fused-ring (bicyclic) bond motifs is 1. The van der Waals surface area contributed by atoms with E-state index in [2.05, 4.69) is 23.4 Å². The predicted molar refractivity (Wildman–Crippen MR) is 85.3 cm³/mol. The van der Waals surface area contributed by atoms with Crippen LogP contribution in [0.1, 0.15) is 16.1 Å². The molecule has 4 nitrogen and oxygen atoms in total. The summed E-state index contributed by atoms with van der Waals surface area (Å²) in [6, 6.07) is 10.0. The molecule has 2 heterocycles. The van der Waals surface area contributed by atoms with Gasteiger partial charge in [-0.3, -0.25) is 9.48 Å². The third-order valence-corrected chi connectivity index (χ3v) is 4.60. The van der Waals surface area contributed by atoms with E-state index in [1.807, 2.05) is 41.4 Å².